The van der Waals surface area contributed by atoms with Crippen LogP contribution in [0.4, 0.5) is 0 Å². The van der Waals surface area contributed by atoms with Gasteiger partial charge in [0.05, 0.1) is 10.9 Å². The van der Waals surface area contributed by atoms with E-state index in [0.717, 1.165) is 28.0 Å². The van der Waals surface area contributed by atoms with Gasteiger partial charge in [-0.05, 0) is 23.0 Å². The first-order chi connectivity index (χ1) is 10.6. The zero-order valence-corrected chi connectivity index (χ0v) is 17.6. The molecule has 0 aliphatic heterocycles. The Labute approximate surface area is 159 Å². The molecule has 132 valence electrons. The Morgan fingerprint density at radius 3 is 2.00 bits per heavy atom. The lowest BCUT2D eigenvalue weighted by atomic mass is 9.78. The first-order valence-electron chi connectivity index (χ1n) is 7.84. The van der Waals surface area contributed by atoms with Crippen molar-refractivity contribution in [1.82, 2.24) is 0 Å². The molecule has 0 bridgehead atoms. The molecule has 0 amide bonds. The number of rotatable bonds is 3. The third-order valence-electron chi connectivity index (χ3n) is 3.93. The van der Waals surface area contributed by atoms with Crippen molar-refractivity contribution in [3.05, 3.63) is 34.8 Å². The fourth-order valence-corrected chi connectivity index (χ4v) is 3.52. The normalized spacial score (nSPS) is 11.9. The van der Waals surface area contributed by atoms with Crippen molar-refractivity contribution in [2.24, 2.45) is 0 Å². The number of aldehydes is 1. The number of benzene rings is 1. The highest BCUT2D eigenvalue weighted by molar-refractivity contribution is 7.12. The highest BCUT2D eigenvalue weighted by Crippen LogP contribution is 2.41. The van der Waals surface area contributed by atoms with Crippen LogP contribution >= 0.6 is 11.3 Å². The Morgan fingerprint density at radius 1 is 1.08 bits per heavy atom. The summed E-state index contributed by atoms with van der Waals surface area (Å²) in [6, 6.07) is 4.11. The summed E-state index contributed by atoms with van der Waals surface area (Å²) >= 11 is 1.61. The van der Waals surface area contributed by atoms with Crippen molar-refractivity contribution in [2.75, 3.05) is 0 Å². The number of hydrogen-bond acceptors (Lipinski definition) is 3. The van der Waals surface area contributed by atoms with Crippen LogP contribution < -0.4 is 21.5 Å². The molecule has 0 saturated heterocycles. The van der Waals surface area contributed by atoms with Gasteiger partial charge in [0.15, 0.2) is 12.5 Å². The summed E-state index contributed by atoms with van der Waals surface area (Å²) in [5.74, 6) is 0.382. The molecule has 0 spiro atoms. The average Bonchev–Trinajstić information content (AvgIpc) is 2.85. The molecule has 0 radical (unpaired) electrons. The molecule has 2 rings (SSSR count). The van der Waals surface area contributed by atoms with Gasteiger partial charge in [-0.25, -0.2) is 0 Å². The summed E-state index contributed by atoms with van der Waals surface area (Å²) < 4.78 is 1.95. The third kappa shape index (κ3) is 4.25. The predicted octanol–water partition coefficient (Wildman–Crippen LogP) is 1.21. The highest BCUT2D eigenvalue weighted by atomic mass is 79.9. The van der Waals surface area contributed by atoms with E-state index in [1.165, 1.54) is 0 Å². The van der Waals surface area contributed by atoms with E-state index in [0.29, 0.717) is 12.3 Å². The SMILES string of the molecule is CC(C)(C)c1cc(-c2scc[n+]2CC=O)cc(C(C)(C)C)c1O.[Br-]. The topological polar surface area (TPSA) is 41.2 Å². The smallest absolute Gasteiger partial charge is 0.269 e. The Hall–Kier alpha value is -1.20. The van der Waals surface area contributed by atoms with Crippen LogP contribution in [0.15, 0.2) is 23.7 Å². The molecular formula is C19H26BrNO2S. The zero-order chi connectivity index (χ0) is 17.4. The number of phenols is 1. The fourth-order valence-electron chi connectivity index (χ4n) is 2.66. The van der Waals surface area contributed by atoms with E-state index < -0.39 is 0 Å². The molecule has 3 nitrogen and oxygen atoms in total. The minimum absolute atomic E-state index is 0. The van der Waals surface area contributed by atoms with Crippen LogP contribution in [-0.2, 0) is 22.2 Å². The van der Waals surface area contributed by atoms with Crippen LogP contribution in [0, 0.1) is 0 Å². The molecule has 0 aliphatic rings. The highest BCUT2D eigenvalue weighted by Gasteiger charge is 2.28. The second kappa shape index (κ2) is 7.36. The lowest BCUT2D eigenvalue weighted by Gasteiger charge is -2.27. The zero-order valence-electron chi connectivity index (χ0n) is 15.2. The molecule has 5 heteroatoms. The van der Waals surface area contributed by atoms with Crippen LogP contribution in [-0.4, -0.2) is 11.4 Å². The first-order valence-corrected chi connectivity index (χ1v) is 8.72. The van der Waals surface area contributed by atoms with Crippen LogP contribution in [0.3, 0.4) is 0 Å². The van der Waals surface area contributed by atoms with Crippen molar-refractivity contribution < 1.29 is 31.4 Å². The van der Waals surface area contributed by atoms with Crippen molar-refractivity contribution in [3.8, 4) is 16.3 Å². The number of hydrogen-bond donors (Lipinski definition) is 1. The molecule has 0 unspecified atom stereocenters. The van der Waals surface area contributed by atoms with Gasteiger partial charge in [-0.1, -0.05) is 52.9 Å². The van der Waals surface area contributed by atoms with Crippen LogP contribution in [0.25, 0.3) is 10.6 Å². The maximum atomic E-state index is 10.9. The number of halogens is 1. The van der Waals surface area contributed by atoms with Gasteiger partial charge in [0.25, 0.3) is 5.01 Å². The maximum Gasteiger partial charge on any atom is 0.269 e. The van der Waals surface area contributed by atoms with E-state index in [9.17, 15) is 9.90 Å². The van der Waals surface area contributed by atoms with E-state index in [1.807, 2.05) is 16.1 Å². The fraction of sp³-hybridized carbons (Fsp3) is 0.474. The van der Waals surface area contributed by atoms with Gasteiger partial charge in [0.1, 0.15) is 5.75 Å². The number of nitrogens with zero attached hydrogens (tertiary/aromatic N) is 1. The quantitative estimate of drug-likeness (QED) is 0.608. The molecule has 0 aliphatic carbocycles. The molecule has 2 aromatic rings. The summed E-state index contributed by atoms with van der Waals surface area (Å²) in [5.41, 5.74) is 2.60. The largest absolute Gasteiger partial charge is 1.00 e. The van der Waals surface area contributed by atoms with Gasteiger partial charge in [0.2, 0.25) is 6.54 Å². The average molecular weight is 412 g/mol. The monoisotopic (exact) mass is 411 g/mol. The van der Waals surface area contributed by atoms with Gasteiger partial charge in [0, 0.05) is 11.1 Å². The molecule has 1 aromatic carbocycles. The number of carbonyl (C=O) groups excluding carboxylic acids is 1. The standard InChI is InChI=1S/C19H25NO2S.BrH/c1-18(2,3)14-11-13(12-15(16(14)22)19(4,5)6)17-20(7-9-21)8-10-23-17;/h8-12H,7H2,1-6H3;1H. The van der Waals surface area contributed by atoms with E-state index in [1.54, 1.807) is 11.3 Å². The van der Waals surface area contributed by atoms with Crippen molar-refractivity contribution in [2.45, 2.75) is 58.9 Å². The van der Waals surface area contributed by atoms with Crippen LogP contribution in [0.5, 0.6) is 5.75 Å². The first kappa shape index (κ1) is 20.8. The van der Waals surface area contributed by atoms with Gasteiger partial charge in [-0.3, -0.25) is 4.79 Å². The Bertz CT molecular complexity index is 689. The van der Waals surface area contributed by atoms with E-state index in [4.69, 9.17) is 0 Å². The van der Waals surface area contributed by atoms with Crippen molar-refractivity contribution >= 4 is 17.6 Å². The molecule has 1 heterocycles. The number of aromatic nitrogens is 1. The molecular weight excluding hydrogens is 386 g/mol. The molecule has 0 atom stereocenters. The predicted molar refractivity (Wildman–Crippen MR) is 95.1 cm³/mol. The Balaban J connectivity index is 0.00000288. The summed E-state index contributed by atoms with van der Waals surface area (Å²) in [4.78, 5) is 10.9. The number of aromatic hydroxyl groups is 1. The molecule has 1 N–H and O–H groups in total. The van der Waals surface area contributed by atoms with Gasteiger partial charge in [-0.2, -0.15) is 4.57 Å². The van der Waals surface area contributed by atoms with Crippen LogP contribution in [0.2, 0.25) is 0 Å². The van der Waals surface area contributed by atoms with E-state index in [2.05, 4.69) is 53.7 Å². The maximum absolute atomic E-state index is 10.9. The van der Waals surface area contributed by atoms with Gasteiger partial charge >= 0.3 is 0 Å². The number of thiazole rings is 1. The number of carbonyl (C=O) groups is 1. The molecule has 1 aromatic heterocycles. The lowest BCUT2D eigenvalue weighted by Crippen LogP contribution is -3.00. The van der Waals surface area contributed by atoms with Crippen molar-refractivity contribution in [3.63, 3.8) is 0 Å². The summed E-state index contributed by atoms with van der Waals surface area (Å²) in [6.07, 6.45) is 2.83. The summed E-state index contributed by atoms with van der Waals surface area (Å²) in [5, 5.41) is 13.8. The second-order valence-corrected chi connectivity index (χ2v) is 8.84. The van der Waals surface area contributed by atoms with Crippen molar-refractivity contribution in [1.29, 1.82) is 0 Å². The third-order valence-corrected chi connectivity index (χ3v) is 4.88. The Morgan fingerprint density at radius 2 is 1.58 bits per heavy atom. The second-order valence-electron chi connectivity index (χ2n) is 7.95. The number of phenolic OH excluding ortho intramolecular Hbond substituents is 1. The van der Waals surface area contributed by atoms with Gasteiger partial charge in [-0.15, -0.1) is 0 Å². The summed E-state index contributed by atoms with van der Waals surface area (Å²) in [7, 11) is 0. The van der Waals surface area contributed by atoms with Gasteiger partial charge < -0.3 is 22.1 Å². The van der Waals surface area contributed by atoms with Crippen LogP contribution in [0.1, 0.15) is 52.7 Å². The molecule has 0 fully saturated rings. The lowest BCUT2D eigenvalue weighted by molar-refractivity contribution is -0.667. The minimum Gasteiger partial charge on any atom is -1.00 e. The molecule has 0 saturated carbocycles. The summed E-state index contributed by atoms with van der Waals surface area (Å²) in [6.45, 7) is 13.0. The minimum atomic E-state index is -0.160. The molecule has 24 heavy (non-hydrogen) atoms. The Kier molecular flexibility index (Phi) is 6.39. The van der Waals surface area contributed by atoms with E-state index in [-0.39, 0.29) is 27.8 Å². The van der Waals surface area contributed by atoms with E-state index >= 15 is 0 Å².